The number of rotatable bonds is 9. The number of halogens is 1. The molecule has 6 heteroatoms. The highest BCUT2D eigenvalue weighted by molar-refractivity contribution is 14.0. The minimum Gasteiger partial charge on any atom is -0.489 e. The van der Waals surface area contributed by atoms with Crippen molar-refractivity contribution in [3.05, 3.63) is 29.8 Å². The van der Waals surface area contributed by atoms with Gasteiger partial charge < -0.3 is 20.1 Å². The van der Waals surface area contributed by atoms with E-state index in [1.807, 2.05) is 39.0 Å². The van der Waals surface area contributed by atoms with Crippen molar-refractivity contribution in [3.8, 4) is 5.75 Å². The Kier molecular flexibility index (Phi) is 12.8. The molecule has 0 bridgehead atoms. The Morgan fingerprint density at radius 3 is 2.70 bits per heavy atom. The minimum absolute atomic E-state index is 0. The molecule has 0 aromatic heterocycles. The van der Waals surface area contributed by atoms with Gasteiger partial charge in [-0.2, -0.15) is 0 Å². The Balaban J connectivity index is 0.00000484. The second kappa shape index (κ2) is 13.4. The van der Waals surface area contributed by atoms with E-state index in [0.29, 0.717) is 13.2 Å². The van der Waals surface area contributed by atoms with Crippen LogP contribution in [0, 0.1) is 6.92 Å². The van der Waals surface area contributed by atoms with Gasteiger partial charge in [0.15, 0.2) is 5.96 Å². The van der Waals surface area contributed by atoms with E-state index in [1.165, 1.54) is 5.56 Å². The Bertz CT molecular complexity index is 455. The Morgan fingerprint density at radius 1 is 1.26 bits per heavy atom. The second-order valence-corrected chi connectivity index (χ2v) is 5.09. The van der Waals surface area contributed by atoms with Gasteiger partial charge in [-0.3, -0.25) is 0 Å². The summed E-state index contributed by atoms with van der Waals surface area (Å²) in [5, 5.41) is 6.46. The van der Waals surface area contributed by atoms with Crippen LogP contribution in [0.1, 0.15) is 26.3 Å². The van der Waals surface area contributed by atoms with Crippen molar-refractivity contribution >= 4 is 29.9 Å². The van der Waals surface area contributed by atoms with Gasteiger partial charge in [0.05, 0.1) is 13.2 Å². The molecule has 0 spiro atoms. The Morgan fingerprint density at radius 2 is 2.04 bits per heavy atom. The molecule has 0 saturated carbocycles. The molecule has 0 heterocycles. The molecule has 0 saturated heterocycles. The van der Waals surface area contributed by atoms with Crippen LogP contribution >= 0.6 is 24.0 Å². The van der Waals surface area contributed by atoms with Crippen molar-refractivity contribution in [2.24, 2.45) is 4.99 Å². The molecule has 2 N–H and O–H groups in total. The van der Waals surface area contributed by atoms with Gasteiger partial charge in [-0.05, 0) is 45.4 Å². The zero-order valence-electron chi connectivity index (χ0n) is 14.6. The first-order valence-corrected chi connectivity index (χ1v) is 7.99. The van der Waals surface area contributed by atoms with Gasteiger partial charge in [0, 0.05) is 19.7 Å². The molecule has 0 aliphatic carbocycles. The molecule has 0 aliphatic heterocycles. The first-order chi connectivity index (χ1) is 10.7. The quantitative estimate of drug-likeness (QED) is 0.271. The number of ether oxygens (including phenoxy) is 2. The molecule has 23 heavy (non-hydrogen) atoms. The topological polar surface area (TPSA) is 54.9 Å². The van der Waals surface area contributed by atoms with Crippen molar-refractivity contribution in [1.82, 2.24) is 10.6 Å². The van der Waals surface area contributed by atoms with Crippen molar-refractivity contribution in [2.75, 3.05) is 32.8 Å². The van der Waals surface area contributed by atoms with Crippen LogP contribution in [-0.4, -0.2) is 44.9 Å². The number of hydrogen-bond donors (Lipinski definition) is 2. The van der Waals surface area contributed by atoms with Gasteiger partial charge in [-0.15, -0.1) is 24.0 Å². The van der Waals surface area contributed by atoms with Crippen LogP contribution in [0.3, 0.4) is 0 Å². The summed E-state index contributed by atoms with van der Waals surface area (Å²) in [6, 6.07) is 8.06. The molecule has 1 unspecified atom stereocenters. The van der Waals surface area contributed by atoms with E-state index >= 15 is 0 Å². The van der Waals surface area contributed by atoms with Crippen LogP contribution in [0.5, 0.6) is 5.75 Å². The van der Waals surface area contributed by atoms with E-state index in [1.54, 1.807) is 0 Å². The van der Waals surface area contributed by atoms with Crippen LogP contribution in [0.15, 0.2) is 29.3 Å². The lowest BCUT2D eigenvalue weighted by Crippen LogP contribution is -2.39. The third-order valence-electron chi connectivity index (χ3n) is 2.92. The molecule has 0 amide bonds. The van der Waals surface area contributed by atoms with Gasteiger partial charge in [0.25, 0.3) is 0 Å². The molecule has 0 aliphatic rings. The number of aliphatic imine (C=N–C) groups is 1. The number of hydrogen-bond acceptors (Lipinski definition) is 3. The first kappa shape index (κ1) is 22.0. The van der Waals surface area contributed by atoms with Gasteiger partial charge in [-0.1, -0.05) is 12.1 Å². The van der Waals surface area contributed by atoms with Crippen molar-refractivity contribution in [3.63, 3.8) is 0 Å². The molecule has 1 atom stereocenters. The van der Waals surface area contributed by atoms with E-state index in [9.17, 15) is 0 Å². The van der Waals surface area contributed by atoms with Crippen LogP contribution in [-0.2, 0) is 4.74 Å². The van der Waals surface area contributed by atoms with Gasteiger partial charge in [0.1, 0.15) is 11.9 Å². The van der Waals surface area contributed by atoms with Crippen molar-refractivity contribution in [2.45, 2.75) is 33.8 Å². The van der Waals surface area contributed by atoms with E-state index in [0.717, 1.165) is 31.4 Å². The maximum absolute atomic E-state index is 5.88. The van der Waals surface area contributed by atoms with E-state index in [2.05, 4.69) is 28.6 Å². The largest absolute Gasteiger partial charge is 0.489 e. The summed E-state index contributed by atoms with van der Waals surface area (Å²) in [6.45, 7) is 11.7. The first-order valence-electron chi connectivity index (χ1n) is 7.99. The number of nitrogens with zero attached hydrogens (tertiary/aromatic N) is 1. The molecule has 1 rings (SSSR count). The molecule has 0 radical (unpaired) electrons. The summed E-state index contributed by atoms with van der Waals surface area (Å²) in [4.78, 5) is 4.54. The fourth-order valence-corrected chi connectivity index (χ4v) is 1.91. The number of aryl methyl sites for hydroxylation is 1. The zero-order valence-corrected chi connectivity index (χ0v) is 16.9. The molecule has 5 nitrogen and oxygen atoms in total. The standard InChI is InChI=1S/C17H29N3O2.HI/c1-5-18-17(19-10-11-21-6-2)20-13-15(4)22-16-9-7-8-14(3)12-16;/h7-9,12,15H,5-6,10-11,13H2,1-4H3,(H2,18,19,20);1H. The Labute approximate surface area is 157 Å². The molecule has 1 aromatic carbocycles. The normalized spacial score (nSPS) is 12.3. The molecular weight excluding hydrogens is 405 g/mol. The lowest BCUT2D eigenvalue weighted by Gasteiger charge is -2.15. The Hall–Kier alpha value is -1.02. The van der Waals surface area contributed by atoms with E-state index < -0.39 is 0 Å². The van der Waals surface area contributed by atoms with Gasteiger partial charge in [-0.25, -0.2) is 4.99 Å². The van der Waals surface area contributed by atoms with Crippen LogP contribution in [0.2, 0.25) is 0 Å². The fourth-order valence-electron chi connectivity index (χ4n) is 1.91. The fraction of sp³-hybridized carbons (Fsp3) is 0.588. The lowest BCUT2D eigenvalue weighted by atomic mass is 10.2. The monoisotopic (exact) mass is 435 g/mol. The zero-order chi connectivity index (χ0) is 16.2. The SMILES string of the molecule is CCNC(=NCC(C)Oc1cccc(C)c1)NCCOCC.I. The third kappa shape index (κ3) is 10.4. The second-order valence-electron chi connectivity index (χ2n) is 5.09. The summed E-state index contributed by atoms with van der Waals surface area (Å²) in [7, 11) is 0. The number of benzene rings is 1. The minimum atomic E-state index is 0. The predicted octanol–water partition coefficient (Wildman–Crippen LogP) is 2.97. The van der Waals surface area contributed by atoms with Crippen molar-refractivity contribution < 1.29 is 9.47 Å². The third-order valence-corrected chi connectivity index (χ3v) is 2.92. The number of nitrogens with one attached hydrogen (secondary N) is 2. The summed E-state index contributed by atoms with van der Waals surface area (Å²) < 4.78 is 11.2. The highest BCUT2D eigenvalue weighted by Crippen LogP contribution is 2.14. The van der Waals surface area contributed by atoms with Crippen LogP contribution in [0.4, 0.5) is 0 Å². The van der Waals surface area contributed by atoms with E-state index in [4.69, 9.17) is 9.47 Å². The average molecular weight is 435 g/mol. The molecular formula is C17H30IN3O2. The summed E-state index contributed by atoms with van der Waals surface area (Å²) in [5.41, 5.74) is 1.19. The maximum atomic E-state index is 5.88. The summed E-state index contributed by atoms with van der Waals surface area (Å²) in [5.74, 6) is 1.68. The summed E-state index contributed by atoms with van der Waals surface area (Å²) >= 11 is 0. The van der Waals surface area contributed by atoms with Crippen LogP contribution < -0.4 is 15.4 Å². The van der Waals surface area contributed by atoms with Gasteiger partial charge in [0.2, 0.25) is 0 Å². The lowest BCUT2D eigenvalue weighted by molar-refractivity contribution is 0.152. The van der Waals surface area contributed by atoms with Crippen molar-refractivity contribution in [1.29, 1.82) is 0 Å². The number of guanidine groups is 1. The predicted molar refractivity (Wildman–Crippen MR) is 107 cm³/mol. The smallest absolute Gasteiger partial charge is 0.191 e. The average Bonchev–Trinajstić information content (AvgIpc) is 2.49. The highest BCUT2D eigenvalue weighted by Gasteiger charge is 2.04. The highest BCUT2D eigenvalue weighted by atomic mass is 127. The van der Waals surface area contributed by atoms with Gasteiger partial charge >= 0.3 is 0 Å². The molecule has 0 fully saturated rings. The summed E-state index contributed by atoms with van der Waals surface area (Å²) in [6.07, 6.45) is 0.0177. The van der Waals surface area contributed by atoms with E-state index in [-0.39, 0.29) is 30.1 Å². The molecule has 1 aromatic rings. The van der Waals surface area contributed by atoms with Crippen LogP contribution in [0.25, 0.3) is 0 Å². The molecule has 132 valence electrons. The maximum Gasteiger partial charge on any atom is 0.191 e.